The summed E-state index contributed by atoms with van der Waals surface area (Å²) in [5, 5.41) is 3.25. The SMILES string of the molecule is CCNC(=O)[C@@H](C)N(Cc1cccc(OC)c1)C(=O)CCCN(c1ccc(Cl)cc1)S(C)(=O)=O. The predicted octanol–water partition coefficient (Wildman–Crippen LogP) is 3.45. The van der Waals surface area contributed by atoms with E-state index in [9.17, 15) is 18.0 Å². The molecule has 8 nitrogen and oxygen atoms in total. The number of nitrogens with one attached hydrogen (secondary N) is 1. The van der Waals surface area contributed by atoms with E-state index in [0.29, 0.717) is 23.0 Å². The summed E-state index contributed by atoms with van der Waals surface area (Å²) in [4.78, 5) is 27.2. The van der Waals surface area contributed by atoms with Crippen LogP contribution in [-0.4, -0.2) is 57.6 Å². The molecule has 1 atom stereocenters. The summed E-state index contributed by atoms with van der Waals surface area (Å²) in [6.07, 6.45) is 1.48. The summed E-state index contributed by atoms with van der Waals surface area (Å²) >= 11 is 5.92. The number of sulfonamides is 1. The van der Waals surface area contributed by atoms with E-state index >= 15 is 0 Å². The van der Waals surface area contributed by atoms with Crippen LogP contribution in [-0.2, 0) is 26.2 Å². The van der Waals surface area contributed by atoms with Gasteiger partial charge in [0.05, 0.1) is 19.1 Å². The number of carbonyl (C=O) groups excluding carboxylic acids is 2. The summed E-state index contributed by atoms with van der Waals surface area (Å²) in [5.74, 6) is 0.158. The zero-order valence-electron chi connectivity index (χ0n) is 20.0. The van der Waals surface area contributed by atoms with Gasteiger partial charge in [0.25, 0.3) is 0 Å². The van der Waals surface area contributed by atoms with Crippen LogP contribution in [0.2, 0.25) is 5.02 Å². The van der Waals surface area contributed by atoms with Crippen molar-refractivity contribution in [3.63, 3.8) is 0 Å². The fourth-order valence-electron chi connectivity index (χ4n) is 3.48. The molecule has 2 aromatic carbocycles. The average molecular weight is 510 g/mol. The molecule has 34 heavy (non-hydrogen) atoms. The molecule has 2 rings (SSSR count). The Morgan fingerprint density at radius 3 is 2.41 bits per heavy atom. The molecule has 0 unspecified atom stereocenters. The molecule has 10 heteroatoms. The predicted molar refractivity (Wildman–Crippen MR) is 135 cm³/mol. The number of benzene rings is 2. The Kier molecular flexibility index (Phi) is 10.2. The Hall–Kier alpha value is -2.78. The summed E-state index contributed by atoms with van der Waals surface area (Å²) in [7, 11) is -1.99. The van der Waals surface area contributed by atoms with Crippen LogP contribution in [0, 0.1) is 0 Å². The first-order valence-corrected chi connectivity index (χ1v) is 13.2. The van der Waals surface area contributed by atoms with E-state index in [4.69, 9.17) is 16.3 Å². The lowest BCUT2D eigenvalue weighted by Gasteiger charge is -2.29. The molecule has 0 radical (unpaired) electrons. The smallest absolute Gasteiger partial charge is 0.242 e. The van der Waals surface area contributed by atoms with Crippen LogP contribution in [0.4, 0.5) is 5.69 Å². The number of halogens is 1. The number of carbonyl (C=O) groups is 2. The highest BCUT2D eigenvalue weighted by Gasteiger charge is 2.26. The third-order valence-electron chi connectivity index (χ3n) is 5.27. The number of likely N-dealkylation sites (N-methyl/N-ethyl adjacent to an activating group) is 1. The van der Waals surface area contributed by atoms with E-state index in [2.05, 4.69) is 5.32 Å². The van der Waals surface area contributed by atoms with Crippen molar-refractivity contribution in [2.24, 2.45) is 0 Å². The normalized spacial score (nSPS) is 12.0. The number of amides is 2. The second kappa shape index (κ2) is 12.6. The first-order chi connectivity index (χ1) is 16.1. The first kappa shape index (κ1) is 27.5. The molecule has 0 heterocycles. The van der Waals surface area contributed by atoms with E-state index < -0.39 is 16.1 Å². The molecule has 0 bridgehead atoms. The Morgan fingerprint density at radius 1 is 1.15 bits per heavy atom. The molecule has 0 spiro atoms. The zero-order valence-corrected chi connectivity index (χ0v) is 21.5. The second-order valence-electron chi connectivity index (χ2n) is 7.86. The van der Waals surface area contributed by atoms with E-state index in [1.54, 1.807) is 44.4 Å². The van der Waals surface area contributed by atoms with Crippen molar-refractivity contribution in [1.29, 1.82) is 0 Å². The molecule has 0 aliphatic carbocycles. The van der Waals surface area contributed by atoms with E-state index in [1.807, 2.05) is 25.1 Å². The van der Waals surface area contributed by atoms with Crippen molar-refractivity contribution >= 4 is 39.1 Å². The number of anilines is 1. The van der Waals surface area contributed by atoms with Crippen LogP contribution >= 0.6 is 11.6 Å². The van der Waals surface area contributed by atoms with Gasteiger partial charge in [-0.05, 0) is 62.2 Å². The number of ether oxygens (including phenoxy) is 1. The van der Waals surface area contributed by atoms with Gasteiger partial charge in [-0.3, -0.25) is 13.9 Å². The highest BCUT2D eigenvalue weighted by Crippen LogP contribution is 2.22. The highest BCUT2D eigenvalue weighted by molar-refractivity contribution is 7.92. The largest absolute Gasteiger partial charge is 0.497 e. The lowest BCUT2D eigenvalue weighted by molar-refractivity contribution is -0.140. The molecule has 2 amide bonds. The van der Waals surface area contributed by atoms with Crippen LogP contribution in [0.1, 0.15) is 32.3 Å². The fourth-order valence-corrected chi connectivity index (χ4v) is 4.57. The fraction of sp³-hybridized carbons (Fsp3) is 0.417. The van der Waals surface area contributed by atoms with Crippen molar-refractivity contribution in [1.82, 2.24) is 10.2 Å². The first-order valence-electron chi connectivity index (χ1n) is 11.0. The van der Waals surface area contributed by atoms with Crippen molar-refractivity contribution in [2.45, 2.75) is 39.3 Å². The molecule has 0 saturated carbocycles. The number of methoxy groups -OCH3 is 1. The van der Waals surface area contributed by atoms with Gasteiger partial charge in [-0.25, -0.2) is 8.42 Å². The summed E-state index contributed by atoms with van der Waals surface area (Å²) in [5.41, 5.74) is 1.30. The number of hydrogen-bond donors (Lipinski definition) is 1. The number of rotatable bonds is 12. The molecular formula is C24H32ClN3O5S. The Labute approximate surface area is 206 Å². The highest BCUT2D eigenvalue weighted by atomic mass is 35.5. The van der Waals surface area contributed by atoms with Gasteiger partial charge in [0.1, 0.15) is 11.8 Å². The molecule has 0 saturated heterocycles. The lowest BCUT2D eigenvalue weighted by atomic mass is 10.1. The van der Waals surface area contributed by atoms with Crippen molar-refractivity contribution in [3.8, 4) is 5.75 Å². The van der Waals surface area contributed by atoms with Gasteiger partial charge < -0.3 is 15.0 Å². The van der Waals surface area contributed by atoms with Crippen molar-refractivity contribution < 1.29 is 22.7 Å². The minimum Gasteiger partial charge on any atom is -0.497 e. The lowest BCUT2D eigenvalue weighted by Crippen LogP contribution is -2.47. The van der Waals surface area contributed by atoms with Crippen LogP contribution < -0.4 is 14.4 Å². The third kappa shape index (κ3) is 7.92. The van der Waals surface area contributed by atoms with E-state index in [1.165, 1.54) is 9.21 Å². The van der Waals surface area contributed by atoms with Gasteiger partial charge >= 0.3 is 0 Å². The van der Waals surface area contributed by atoms with Crippen LogP contribution in [0.25, 0.3) is 0 Å². The van der Waals surface area contributed by atoms with Crippen LogP contribution in [0.5, 0.6) is 5.75 Å². The molecule has 1 N–H and O–H groups in total. The van der Waals surface area contributed by atoms with Gasteiger partial charge in [-0.2, -0.15) is 0 Å². The minimum atomic E-state index is -3.56. The molecule has 0 fully saturated rings. The Balaban J connectivity index is 2.16. The minimum absolute atomic E-state index is 0.0767. The maximum atomic E-state index is 13.2. The molecule has 0 aromatic heterocycles. The maximum absolute atomic E-state index is 13.2. The van der Waals surface area contributed by atoms with Gasteiger partial charge in [0, 0.05) is 31.1 Å². The van der Waals surface area contributed by atoms with Crippen LogP contribution in [0.3, 0.4) is 0 Å². The van der Waals surface area contributed by atoms with E-state index in [-0.39, 0.29) is 37.7 Å². The van der Waals surface area contributed by atoms with Crippen molar-refractivity contribution in [2.75, 3.05) is 30.8 Å². The average Bonchev–Trinajstić information content (AvgIpc) is 2.80. The summed E-state index contributed by atoms with van der Waals surface area (Å²) < 4.78 is 31.2. The molecule has 0 aliphatic rings. The van der Waals surface area contributed by atoms with Gasteiger partial charge in [-0.1, -0.05) is 23.7 Å². The summed E-state index contributed by atoms with van der Waals surface area (Å²) in [6, 6.07) is 13.1. The Morgan fingerprint density at radius 2 is 1.82 bits per heavy atom. The summed E-state index contributed by atoms with van der Waals surface area (Å²) in [6.45, 7) is 4.29. The van der Waals surface area contributed by atoms with E-state index in [0.717, 1.165) is 11.8 Å². The van der Waals surface area contributed by atoms with Crippen molar-refractivity contribution in [3.05, 3.63) is 59.1 Å². The third-order valence-corrected chi connectivity index (χ3v) is 6.72. The van der Waals surface area contributed by atoms with Crippen LogP contribution in [0.15, 0.2) is 48.5 Å². The monoisotopic (exact) mass is 509 g/mol. The number of hydrogen-bond acceptors (Lipinski definition) is 5. The topological polar surface area (TPSA) is 96.0 Å². The molecule has 2 aromatic rings. The standard InChI is InChI=1S/C24H32ClN3O5S/c1-5-26-24(30)18(2)27(17-19-8-6-9-22(16-19)33-3)23(29)10-7-15-28(34(4,31)32)21-13-11-20(25)12-14-21/h6,8-9,11-14,16,18H,5,7,10,15,17H2,1-4H3,(H,26,30)/t18-/m1/s1. The quantitative estimate of drug-likeness (QED) is 0.472. The van der Waals surface area contributed by atoms with Gasteiger partial charge in [-0.15, -0.1) is 0 Å². The molecule has 0 aliphatic heterocycles. The Bertz CT molecular complexity index is 1080. The maximum Gasteiger partial charge on any atom is 0.242 e. The van der Waals surface area contributed by atoms with Gasteiger partial charge in [0.2, 0.25) is 21.8 Å². The van der Waals surface area contributed by atoms with Gasteiger partial charge in [0.15, 0.2) is 0 Å². The number of nitrogens with zero attached hydrogens (tertiary/aromatic N) is 2. The zero-order chi connectivity index (χ0) is 25.3. The second-order valence-corrected chi connectivity index (χ2v) is 10.2. The molecular weight excluding hydrogens is 478 g/mol. The molecule has 186 valence electrons.